The second-order valence-electron chi connectivity index (χ2n) is 6.15. The molecule has 0 radical (unpaired) electrons. The smallest absolute Gasteiger partial charge is 0.0626 e. The second-order valence-corrected chi connectivity index (χ2v) is 6.15. The first kappa shape index (κ1) is 14.3. The van der Waals surface area contributed by atoms with Crippen LogP contribution in [0.2, 0.25) is 0 Å². The van der Waals surface area contributed by atoms with E-state index in [2.05, 4.69) is 42.4 Å². The highest BCUT2D eigenvalue weighted by Crippen LogP contribution is 2.28. The minimum absolute atomic E-state index is 0.279. The Bertz CT molecular complexity index is 617. The highest BCUT2D eigenvalue weighted by molar-refractivity contribution is 5.30. The van der Waals surface area contributed by atoms with E-state index in [4.69, 9.17) is 0 Å². The highest BCUT2D eigenvalue weighted by atomic mass is 16.3. The maximum atomic E-state index is 10.6. The Morgan fingerprint density at radius 1 is 1.33 bits per heavy atom. The molecule has 1 heterocycles. The molecule has 1 N–H and O–H groups in total. The molecule has 0 amide bonds. The zero-order chi connectivity index (χ0) is 14.8. The minimum Gasteiger partial charge on any atom is -0.392 e. The van der Waals surface area contributed by atoms with E-state index in [0.717, 1.165) is 37.1 Å². The third kappa shape index (κ3) is 3.03. The summed E-state index contributed by atoms with van der Waals surface area (Å²) in [5, 5.41) is 15.1. The molecule has 1 aromatic carbocycles. The lowest BCUT2D eigenvalue weighted by Gasteiger charge is -2.28. The SMILES string of the molecule is CCc1cc(CC(O)C2CCc3ccccc3C2)n(C)n1. The zero-order valence-electron chi connectivity index (χ0n) is 12.9. The molecule has 2 unspecified atom stereocenters. The van der Waals surface area contributed by atoms with Gasteiger partial charge in [0.2, 0.25) is 0 Å². The maximum absolute atomic E-state index is 10.6. The number of aromatic nitrogens is 2. The molecule has 0 aliphatic heterocycles. The van der Waals surface area contributed by atoms with Crippen molar-refractivity contribution in [1.82, 2.24) is 9.78 Å². The summed E-state index contributed by atoms with van der Waals surface area (Å²) in [5.41, 5.74) is 5.11. The van der Waals surface area contributed by atoms with Crippen molar-refractivity contribution >= 4 is 0 Å². The van der Waals surface area contributed by atoms with E-state index < -0.39 is 0 Å². The molecule has 0 saturated heterocycles. The summed E-state index contributed by atoms with van der Waals surface area (Å²) < 4.78 is 1.92. The molecule has 0 saturated carbocycles. The highest BCUT2D eigenvalue weighted by Gasteiger charge is 2.25. The number of nitrogens with zero attached hydrogens (tertiary/aromatic N) is 2. The van der Waals surface area contributed by atoms with Crippen LogP contribution in [0.15, 0.2) is 30.3 Å². The second kappa shape index (κ2) is 6.02. The van der Waals surface area contributed by atoms with Crippen LogP contribution >= 0.6 is 0 Å². The molecule has 2 aromatic rings. The van der Waals surface area contributed by atoms with Crippen LogP contribution in [0.3, 0.4) is 0 Å². The molecule has 0 fully saturated rings. The third-order valence-corrected chi connectivity index (χ3v) is 4.74. The molecule has 0 spiro atoms. The Kier molecular flexibility index (Phi) is 4.11. The average Bonchev–Trinajstić information content (AvgIpc) is 2.87. The lowest BCUT2D eigenvalue weighted by atomic mass is 9.80. The normalized spacial score (nSPS) is 19.3. The Balaban J connectivity index is 1.69. The Morgan fingerprint density at radius 3 is 2.81 bits per heavy atom. The Hall–Kier alpha value is -1.61. The van der Waals surface area contributed by atoms with Crippen LogP contribution in [0.5, 0.6) is 0 Å². The molecule has 3 heteroatoms. The predicted molar refractivity (Wildman–Crippen MR) is 84.3 cm³/mol. The van der Waals surface area contributed by atoms with Gasteiger partial charge in [-0.3, -0.25) is 4.68 Å². The summed E-state index contributed by atoms with van der Waals surface area (Å²) in [6, 6.07) is 10.7. The van der Waals surface area contributed by atoms with Crippen molar-refractivity contribution in [3.8, 4) is 0 Å². The van der Waals surface area contributed by atoms with Crippen molar-refractivity contribution < 1.29 is 5.11 Å². The van der Waals surface area contributed by atoms with Gasteiger partial charge in [0.1, 0.15) is 0 Å². The molecule has 0 bridgehead atoms. The number of fused-ring (bicyclic) bond motifs is 1. The fourth-order valence-corrected chi connectivity index (χ4v) is 3.37. The van der Waals surface area contributed by atoms with Crippen LogP contribution < -0.4 is 0 Å². The van der Waals surface area contributed by atoms with Gasteiger partial charge < -0.3 is 5.11 Å². The van der Waals surface area contributed by atoms with Crippen LogP contribution in [-0.4, -0.2) is 21.0 Å². The fraction of sp³-hybridized carbons (Fsp3) is 0.500. The van der Waals surface area contributed by atoms with Crippen molar-refractivity contribution in [2.75, 3.05) is 0 Å². The standard InChI is InChI=1S/C18H24N2O/c1-3-16-11-17(20(2)19-16)12-18(21)15-9-8-13-6-4-5-7-14(13)10-15/h4-7,11,15,18,21H,3,8-10,12H2,1-2H3. The van der Waals surface area contributed by atoms with Crippen LogP contribution in [0.25, 0.3) is 0 Å². The quantitative estimate of drug-likeness (QED) is 0.937. The number of aryl methyl sites for hydroxylation is 3. The van der Waals surface area contributed by atoms with Crippen LogP contribution in [0.1, 0.15) is 35.9 Å². The Labute approximate surface area is 126 Å². The maximum Gasteiger partial charge on any atom is 0.0626 e. The summed E-state index contributed by atoms with van der Waals surface area (Å²) in [4.78, 5) is 0. The van der Waals surface area contributed by atoms with E-state index in [1.165, 1.54) is 11.1 Å². The van der Waals surface area contributed by atoms with Crippen LogP contribution in [0.4, 0.5) is 0 Å². The molecule has 2 atom stereocenters. The molecular weight excluding hydrogens is 260 g/mol. The lowest BCUT2D eigenvalue weighted by molar-refractivity contribution is 0.0975. The number of benzene rings is 1. The molecule has 21 heavy (non-hydrogen) atoms. The fourth-order valence-electron chi connectivity index (χ4n) is 3.37. The molecule has 1 aromatic heterocycles. The first-order valence-electron chi connectivity index (χ1n) is 7.94. The van der Waals surface area contributed by atoms with Gasteiger partial charge in [-0.05, 0) is 48.8 Å². The van der Waals surface area contributed by atoms with Crippen LogP contribution in [-0.2, 0) is 32.7 Å². The lowest BCUT2D eigenvalue weighted by Crippen LogP contribution is -2.29. The van der Waals surface area contributed by atoms with Gasteiger partial charge in [-0.2, -0.15) is 5.10 Å². The molecule has 112 valence electrons. The topological polar surface area (TPSA) is 38.0 Å². The van der Waals surface area contributed by atoms with Crippen molar-refractivity contribution in [2.24, 2.45) is 13.0 Å². The van der Waals surface area contributed by atoms with Gasteiger partial charge in [0.15, 0.2) is 0 Å². The number of aliphatic hydroxyl groups is 1. The number of hydrogen-bond donors (Lipinski definition) is 1. The number of aliphatic hydroxyl groups excluding tert-OH is 1. The van der Waals surface area contributed by atoms with Crippen LogP contribution in [0, 0.1) is 5.92 Å². The van der Waals surface area contributed by atoms with Gasteiger partial charge in [0.25, 0.3) is 0 Å². The summed E-state index contributed by atoms with van der Waals surface area (Å²) >= 11 is 0. The third-order valence-electron chi connectivity index (χ3n) is 4.74. The molecule has 3 nitrogen and oxygen atoms in total. The first-order chi connectivity index (χ1) is 10.2. The monoisotopic (exact) mass is 284 g/mol. The summed E-state index contributed by atoms with van der Waals surface area (Å²) in [5.74, 6) is 0.361. The van der Waals surface area contributed by atoms with E-state index in [-0.39, 0.29) is 6.10 Å². The van der Waals surface area contributed by atoms with E-state index >= 15 is 0 Å². The van der Waals surface area contributed by atoms with Gasteiger partial charge in [-0.25, -0.2) is 0 Å². The van der Waals surface area contributed by atoms with E-state index in [1.807, 2.05) is 11.7 Å². The van der Waals surface area contributed by atoms with Crippen molar-refractivity contribution in [3.63, 3.8) is 0 Å². The largest absolute Gasteiger partial charge is 0.392 e. The summed E-state index contributed by atoms with van der Waals surface area (Å²) in [6.45, 7) is 2.11. The van der Waals surface area contributed by atoms with Gasteiger partial charge in [-0.1, -0.05) is 31.2 Å². The summed E-state index contributed by atoms with van der Waals surface area (Å²) in [7, 11) is 1.97. The van der Waals surface area contributed by atoms with E-state index in [1.54, 1.807) is 0 Å². The average molecular weight is 284 g/mol. The zero-order valence-corrected chi connectivity index (χ0v) is 12.9. The predicted octanol–water partition coefficient (Wildman–Crippen LogP) is 2.69. The van der Waals surface area contributed by atoms with Crippen molar-refractivity contribution in [2.45, 2.75) is 45.1 Å². The number of hydrogen-bond acceptors (Lipinski definition) is 2. The molecule has 1 aliphatic carbocycles. The van der Waals surface area contributed by atoms with E-state index in [9.17, 15) is 5.11 Å². The van der Waals surface area contributed by atoms with Gasteiger partial charge in [0, 0.05) is 19.2 Å². The number of rotatable bonds is 4. The van der Waals surface area contributed by atoms with Gasteiger partial charge in [-0.15, -0.1) is 0 Å². The van der Waals surface area contributed by atoms with Gasteiger partial charge >= 0.3 is 0 Å². The van der Waals surface area contributed by atoms with Crippen molar-refractivity contribution in [1.29, 1.82) is 0 Å². The molecule has 3 rings (SSSR count). The molecule has 1 aliphatic rings. The Morgan fingerprint density at radius 2 is 2.10 bits per heavy atom. The summed E-state index contributed by atoms with van der Waals surface area (Å²) in [6.07, 6.45) is 4.53. The first-order valence-corrected chi connectivity index (χ1v) is 7.94. The van der Waals surface area contributed by atoms with Gasteiger partial charge in [0.05, 0.1) is 11.8 Å². The molecular formula is C18H24N2O. The van der Waals surface area contributed by atoms with E-state index in [0.29, 0.717) is 12.3 Å². The minimum atomic E-state index is -0.279. The van der Waals surface area contributed by atoms with Crippen molar-refractivity contribution in [3.05, 3.63) is 52.8 Å².